The summed E-state index contributed by atoms with van der Waals surface area (Å²) >= 11 is 0. The lowest BCUT2D eigenvalue weighted by molar-refractivity contribution is -0.249. The zero-order valence-electron chi connectivity index (χ0n) is 27.0. The normalized spacial score (nSPS) is 30.5. The molecular formula is C36H41NO11. The van der Waals surface area contributed by atoms with E-state index in [2.05, 4.69) is 5.32 Å². The van der Waals surface area contributed by atoms with E-state index in [1.165, 1.54) is 13.2 Å². The molecule has 256 valence electrons. The van der Waals surface area contributed by atoms with Crippen LogP contribution >= 0.6 is 0 Å². The maximum Gasteiger partial charge on any atom is 0.408 e. The lowest BCUT2D eigenvalue weighted by atomic mass is 9.73. The van der Waals surface area contributed by atoms with Crippen LogP contribution in [0.5, 0.6) is 5.75 Å². The quantitative estimate of drug-likeness (QED) is 0.273. The molecule has 4 N–H and O–H groups in total. The van der Waals surface area contributed by atoms with Crippen LogP contribution < -0.4 is 10.1 Å². The molecule has 4 aliphatic rings. The summed E-state index contributed by atoms with van der Waals surface area (Å²) in [6, 6.07) is 7.00. The third kappa shape index (κ3) is 6.55. The van der Waals surface area contributed by atoms with Crippen LogP contribution in [0.3, 0.4) is 0 Å². The highest BCUT2D eigenvalue weighted by Gasteiger charge is 2.47. The third-order valence-corrected chi connectivity index (χ3v) is 9.80. The number of carbonyl (C=O) groups excluding carboxylic acids is 4. The Morgan fingerprint density at radius 1 is 1.08 bits per heavy atom. The minimum Gasteiger partial charge on any atom is -0.496 e. The number of hydrogen-bond acceptors (Lipinski definition) is 11. The Morgan fingerprint density at radius 2 is 1.88 bits per heavy atom. The van der Waals surface area contributed by atoms with Gasteiger partial charge in [0.2, 0.25) is 0 Å². The molecule has 6 rings (SSSR count). The van der Waals surface area contributed by atoms with Gasteiger partial charge in [-0.25, -0.2) is 4.79 Å². The fourth-order valence-electron chi connectivity index (χ4n) is 7.19. The van der Waals surface area contributed by atoms with Gasteiger partial charge in [-0.1, -0.05) is 24.6 Å². The highest BCUT2D eigenvalue weighted by Crippen LogP contribution is 2.44. The smallest absolute Gasteiger partial charge is 0.408 e. The van der Waals surface area contributed by atoms with E-state index >= 15 is 0 Å². The Balaban J connectivity index is 1.27. The highest BCUT2D eigenvalue weighted by molar-refractivity contribution is 6.29. The molecule has 1 fully saturated rings. The second kappa shape index (κ2) is 13.9. The number of nitrogens with one attached hydrogen (secondary N) is 1. The van der Waals surface area contributed by atoms with Crippen molar-refractivity contribution in [2.24, 2.45) is 0 Å². The van der Waals surface area contributed by atoms with Crippen LogP contribution in [0.4, 0.5) is 4.79 Å². The molecule has 0 spiro atoms. The standard InChI is InChI=1S/C36H41NO11/c1-19-32(40)26(37-35(43)47-21-9-6-4-3-5-7-10-21)15-30(46-19)48-28-17-36(44,29(39)18-38)16-20-13-24-25(14-23(20)28)34(42)31-22(33(24)41)11-8-12-27(31)45-2/h6,8-9,11-14,19,21,26,28,30,32,38,40,44H,3-5,7,10,15-18H2,1-2H3,(H,37,43)/b9-6+/t19-,21?,26+,28-,30-,32+,36-/m0/s1. The molecule has 1 saturated heterocycles. The maximum absolute atomic E-state index is 13.8. The summed E-state index contributed by atoms with van der Waals surface area (Å²) in [6.45, 7) is 0.713. The highest BCUT2D eigenvalue weighted by atomic mass is 16.7. The Hall–Kier alpha value is -3.94. The summed E-state index contributed by atoms with van der Waals surface area (Å²) in [5.41, 5.74) is -0.596. The number of methoxy groups -OCH3 is 1. The zero-order valence-corrected chi connectivity index (χ0v) is 27.0. The number of aliphatic hydroxyl groups excluding tert-OH is 2. The van der Waals surface area contributed by atoms with Gasteiger partial charge in [-0.05, 0) is 68.0 Å². The van der Waals surface area contributed by atoms with Gasteiger partial charge >= 0.3 is 6.09 Å². The monoisotopic (exact) mass is 663 g/mol. The molecule has 0 radical (unpaired) electrons. The molecule has 12 nitrogen and oxygen atoms in total. The minimum absolute atomic E-state index is 0.00620. The van der Waals surface area contributed by atoms with Crippen LogP contribution in [0.25, 0.3) is 0 Å². The molecule has 0 saturated carbocycles. The van der Waals surface area contributed by atoms with E-state index in [0.29, 0.717) is 17.5 Å². The molecule has 3 aliphatic carbocycles. The van der Waals surface area contributed by atoms with Crippen LogP contribution in [0.2, 0.25) is 0 Å². The van der Waals surface area contributed by atoms with Gasteiger partial charge in [0.05, 0.1) is 30.9 Å². The number of carbonyl (C=O) groups is 4. The molecule has 7 atom stereocenters. The number of allylic oxidation sites excluding steroid dienone is 1. The lowest BCUT2D eigenvalue weighted by Gasteiger charge is -2.42. The number of aliphatic hydroxyl groups is 3. The van der Waals surface area contributed by atoms with E-state index in [4.69, 9.17) is 18.9 Å². The van der Waals surface area contributed by atoms with Gasteiger partial charge in [0, 0.05) is 36.0 Å². The van der Waals surface area contributed by atoms with E-state index in [1.807, 2.05) is 12.2 Å². The first-order chi connectivity index (χ1) is 23.0. The van der Waals surface area contributed by atoms with Crippen molar-refractivity contribution in [3.05, 3.63) is 75.9 Å². The number of benzene rings is 2. The van der Waals surface area contributed by atoms with Crippen molar-refractivity contribution in [2.45, 2.75) is 101 Å². The second-order valence-corrected chi connectivity index (χ2v) is 13.0. The van der Waals surface area contributed by atoms with Gasteiger partial charge < -0.3 is 39.6 Å². The van der Waals surface area contributed by atoms with Crippen molar-refractivity contribution in [3.63, 3.8) is 0 Å². The topological polar surface area (TPSA) is 178 Å². The first-order valence-electron chi connectivity index (χ1n) is 16.5. The first-order valence-corrected chi connectivity index (χ1v) is 16.5. The van der Waals surface area contributed by atoms with Gasteiger partial charge in [-0.2, -0.15) is 0 Å². The van der Waals surface area contributed by atoms with Gasteiger partial charge in [0.15, 0.2) is 23.6 Å². The number of fused-ring (bicyclic) bond motifs is 3. The molecule has 48 heavy (non-hydrogen) atoms. The van der Waals surface area contributed by atoms with E-state index in [-0.39, 0.29) is 53.4 Å². The average Bonchev–Trinajstić information content (AvgIpc) is 3.05. The van der Waals surface area contributed by atoms with Crippen LogP contribution in [-0.2, 0) is 25.4 Å². The molecule has 0 bridgehead atoms. The van der Waals surface area contributed by atoms with Crippen LogP contribution in [0, 0.1) is 0 Å². The van der Waals surface area contributed by atoms with Gasteiger partial charge in [-0.3, -0.25) is 14.4 Å². The van der Waals surface area contributed by atoms with Crippen LogP contribution in [0.1, 0.15) is 101 Å². The Bertz CT molecular complexity index is 1640. The van der Waals surface area contributed by atoms with Crippen molar-refractivity contribution >= 4 is 23.4 Å². The Morgan fingerprint density at radius 3 is 2.65 bits per heavy atom. The number of rotatable bonds is 7. The molecular weight excluding hydrogens is 622 g/mol. The predicted molar refractivity (Wildman–Crippen MR) is 170 cm³/mol. The van der Waals surface area contributed by atoms with Gasteiger partial charge in [0.25, 0.3) is 0 Å². The number of alkyl carbamates (subject to hydrolysis) is 1. The van der Waals surface area contributed by atoms with Crippen molar-refractivity contribution in [1.82, 2.24) is 5.32 Å². The number of ketones is 3. The number of hydrogen-bond donors (Lipinski definition) is 4. The lowest BCUT2D eigenvalue weighted by Crippen LogP contribution is -2.56. The minimum atomic E-state index is -2.03. The first kappa shape index (κ1) is 33.9. The van der Waals surface area contributed by atoms with Crippen molar-refractivity contribution in [3.8, 4) is 5.75 Å². The molecule has 1 heterocycles. The van der Waals surface area contributed by atoms with E-state index in [9.17, 15) is 34.5 Å². The number of amides is 1. The molecule has 1 unspecified atom stereocenters. The van der Waals surface area contributed by atoms with Crippen molar-refractivity contribution in [2.75, 3.05) is 13.7 Å². The van der Waals surface area contributed by atoms with Crippen LogP contribution in [-0.4, -0.2) is 88.7 Å². The molecule has 2 aromatic carbocycles. The summed E-state index contributed by atoms with van der Waals surface area (Å²) < 4.78 is 23.4. The summed E-state index contributed by atoms with van der Waals surface area (Å²) in [4.78, 5) is 53.1. The van der Waals surface area contributed by atoms with Gasteiger partial charge in [0.1, 0.15) is 30.2 Å². The molecule has 12 heteroatoms. The van der Waals surface area contributed by atoms with Crippen molar-refractivity contribution < 1.29 is 53.4 Å². The van der Waals surface area contributed by atoms with Crippen LogP contribution in [0.15, 0.2) is 42.5 Å². The SMILES string of the molecule is COc1cccc2c1C(=O)c1cc3c(cc1C2=O)C[C@@](O)(C(=O)CO)C[C@@H]3O[C@H]1C[C@@H](NC(=O)OC2/C=C/CCCCC2)[C@H](O)[C@H](C)O1. The fourth-order valence-corrected chi connectivity index (χ4v) is 7.19. The molecule has 2 aromatic rings. The molecule has 1 amide bonds. The largest absolute Gasteiger partial charge is 0.496 e. The summed E-state index contributed by atoms with van der Waals surface area (Å²) in [7, 11) is 1.41. The van der Waals surface area contributed by atoms with Crippen molar-refractivity contribution in [1.29, 1.82) is 0 Å². The third-order valence-electron chi connectivity index (χ3n) is 9.80. The zero-order chi connectivity index (χ0) is 34.2. The number of Topliss-reactive ketones (excluding diaryl/α,β-unsaturated/α-hetero) is 1. The van der Waals surface area contributed by atoms with Gasteiger partial charge in [-0.15, -0.1) is 0 Å². The molecule has 0 aromatic heterocycles. The predicted octanol–water partition coefficient (Wildman–Crippen LogP) is 3.25. The summed E-state index contributed by atoms with van der Waals surface area (Å²) in [5.74, 6) is -1.39. The van der Waals surface area contributed by atoms with E-state index < -0.39 is 66.3 Å². The maximum atomic E-state index is 13.8. The summed E-state index contributed by atoms with van der Waals surface area (Å²) in [6.07, 6.45) is 3.17. The van der Waals surface area contributed by atoms with E-state index in [1.54, 1.807) is 31.2 Å². The average molecular weight is 664 g/mol. The Kier molecular flexibility index (Phi) is 9.82. The summed E-state index contributed by atoms with van der Waals surface area (Å²) in [5, 5.41) is 34.8. The van der Waals surface area contributed by atoms with E-state index in [0.717, 1.165) is 25.7 Å². The molecule has 1 aliphatic heterocycles. The Labute approximate surface area is 278 Å². The number of ether oxygens (including phenoxy) is 4. The fraction of sp³-hybridized carbons (Fsp3) is 0.500. The second-order valence-electron chi connectivity index (χ2n) is 13.0.